The maximum atomic E-state index is 6.02. The first-order valence-electron chi connectivity index (χ1n) is 6.01. The highest BCUT2D eigenvalue weighted by Crippen LogP contribution is 2.43. The lowest BCUT2D eigenvalue weighted by Crippen LogP contribution is -2.00. The highest BCUT2D eigenvalue weighted by Gasteiger charge is 2.16. The fourth-order valence-electron chi connectivity index (χ4n) is 2.10. The van der Waals surface area contributed by atoms with Gasteiger partial charge in [0.05, 0.1) is 14.2 Å². The minimum atomic E-state index is 0.405. The van der Waals surface area contributed by atoms with E-state index in [9.17, 15) is 0 Å². The van der Waals surface area contributed by atoms with Crippen molar-refractivity contribution >= 4 is 27.5 Å². The predicted octanol–water partition coefficient (Wildman–Crippen LogP) is 4.25. The van der Waals surface area contributed by atoms with Gasteiger partial charge in [-0.1, -0.05) is 17.7 Å². The molecule has 2 rings (SSSR count). The molecule has 106 valence electrons. The normalized spacial score (nSPS) is 10.4. The summed E-state index contributed by atoms with van der Waals surface area (Å²) in [6.45, 7) is 0.405. The summed E-state index contributed by atoms with van der Waals surface area (Å²) in [6, 6.07) is 9.49. The predicted molar refractivity (Wildman–Crippen MR) is 85.6 cm³/mol. The minimum absolute atomic E-state index is 0.405. The van der Waals surface area contributed by atoms with Crippen molar-refractivity contribution in [2.75, 3.05) is 14.2 Å². The Hall–Kier alpha value is -1.23. The van der Waals surface area contributed by atoms with Gasteiger partial charge in [-0.2, -0.15) is 0 Å². The van der Waals surface area contributed by atoms with Gasteiger partial charge in [0.2, 0.25) is 0 Å². The van der Waals surface area contributed by atoms with E-state index >= 15 is 0 Å². The number of hydrogen-bond donors (Lipinski definition) is 1. The lowest BCUT2D eigenvalue weighted by atomic mass is 9.98. The molecule has 0 bridgehead atoms. The quantitative estimate of drug-likeness (QED) is 0.891. The zero-order chi connectivity index (χ0) is 14.7. The number of ether oxygens (including phenoxy) is 2. The number of benzene rings is 2. The number of halogens is 2. The molecule has 0 aliphatic carbocycles. The van der Waals surface area contributed by atoms with Crippen LogP contribution in [0, 0.1) is 0 Å². The Labute approximate surface area is 131 Å². The van der Waals surface area contributed by atoms with Crippen LogP contribution in [0.25, 0.3) is 11.1 Å². The standard InChI is InChI=1S/C15H15BrClNO2/c1-19-13-6-5-12(15(20-2)14(13)16)11-4-3-10(17)7-9(11)8-18/h3-7H,8,18H2,1-2H3. The zero-order valence-corrected chi connectivity index (χ0v) is 13.6. The van der Waals surface area contributed by atoms with Gasteiger partial charge in [-0.3, -0.25) is 0 Å². The first kappa shape index (κ1) is 15.2. The van der Waals surface area contributed by atoms with Crippen LogP contribution in [0.4, 0.5) is 0 Å². The van der Waals surface area contributed by atoms with E-state index in [4.69, 9.17) is 26.8 Å². The second-order valence-corrected chi connectivity index (χ2v) is 5.40. The second-order valence-electron chi connectivity index (χ2n) is 4.17. The molecule has 5 heteroatoms. The summed E-state index contributed by atoms with van der Waals surface area (Å²) in [5.41, 5.74) is 8.71. The van der Waals surface area contributed by atoms with Gasteiger partial charge < -0.3 is 15.2 Å². The molecular weight excluding hydrogens is 342 g/mol. The van der Waals surface area contributed by atoms with E-state index in [1.54, 1.807) is 14.2 Å². The molecule has 0 saturated heterocycles. The third-order valence-electron chi connectivity index (χ3n) is 3.06. The maximum absolute atomic E-state index is 6.02. The minimum Gasteiger partial charge on any atom is -0.495 e. The first-order valence-corrected chi connectivity index (χ1v) is 7.18. The zero-order valence-electron chi connectivity index (χ0n) is 11.2. The van der Waals surface area contributed by atoms with Crippen LogP contribution in [0.1, 0.15) is 5.56 Å². The topological polar surface area (TPSA) is 44.5 Å². The molecule has 2 aromatic rings. The highest BCUT2D eigenvalue weighted by molar-refractivity contribution is 9.10. The van der Waals surface area contributed by atoms with Crippen molar-refractivity contribution in [3.63, 3.8) is 0 Å². The van der Waals surface area contributed by atoms with Crippen molar-refractivity contribution < 1.29 is 9.47 Å². The van der Waals surface area contributed by atoms with E-state index in [0.29, 0.717) is 23.1 Å². The van der Waals surface area contributed by atoms with Gasteiger partial charge >= 0.3 is 0 Å². The second kappa shape index (κ2) is 6.48. The van der Waals surface area contributed by atoms with Gasteiger partial charge in [0.1, 0.15) is 16.0 Å². The average molecular weight is 357 g/mol. The molecule has 0 heterocycles. The fourth-order valence-corrected chi connectivity index (χ4v) is 2.97. The van der Waals surface area contributed by atoms with Gasteiger partial charge in [-0.25, -0.2) is 0 Å². The molecule has 0 spiro atoms. The molecule has 0 unspecified atom stereocenters. The third-order valence-corrected chi connectivity index (χ3v) is 4.05. The van der Waals surface area contributed by atoms with Crippen LogP contribution >= 0.6 is 27.5 Å². The summed E-state index contributed by atoms with van der Waals surface area (Å²) in [5.74, 6) is 1.43. The van der Waals surface area contributed by atoms with Crippen molar-refractivity contribution in [2.45, 2.75) is 6.54 Å². The van der Waals surface area contributed by atoms with E-state index in [1.807, 2.05) is 30.3 Å². The van der Waals surface area contributed by atoms with Crippen LogP contribution in [-0.4, -0.2) is 14.2 Å². The Bertz CT molecular complexity index is 632. The van der Waals surface area contributed by atoms with Gasteiger partial charge in [-0.05, 0) is 51.3 Å². The maximum Gasteiger partial charge on any atom is 0.144 e. The summed E-state index contributed by atoms with van der Waals surface area (Å²) in [7, 11) is 3.24. The summed E-state index contributed by atoms with van der Waals surface area (Å²) in [5, 5.41) is 0.667. The summed E-state index contributed by atoms with van der Waals surface area (Å²) < 4.78 is 11.6. The van der Waals surface area contributed by atoms with Crippen LogP contribution in [0.5, 0.6) is 11.5 Å². The average Bonchev–Trinajstić information content (AvgIpc) is 2.46. The number of hydrogen-bond acceptors (Lipinski definition) is 3. The largest absolute Gasteiger partial charge is 0.495 e. The Morgan fingerprint density at radius 2 is 1.80 bits per heavy atom. The van der Waals surface area contributed by atoms with E-state index in [2.05, 4.69) is 15.9 Å². The highest BCUT2D eigenvalue weighted by atomic mass is 79.9. The van der Waals surface area contributed by atoms with Crippen molar-refractivity contribution in [3.05, 3.63) is 45.4 Å². The van der Waals surface area contributed by atoms with Crippen LogP contribution in [-0.2, 0) is 6.54 Å². The Kier molecular flexibility index (Phi) is 4.91. The summed E-state index contributed by atoms with van der Waals surface area (Å²) in [4.78, 5) is 0. The van der Waals surface area contributed by atoms with Gasteiger partial charge in [-0.15, -0.1) is 0 Å². The summed E-state index contributed by atoms with van der Waals surface area (Å²) in [6.07, 6.45) is 0. The summed E-state index contributed by atoms with van der Waals surface area (Å²) >= 11 is 9.52. The molecule has 2 aromatic carbocycles. The smallest absolute Gasteiger partial charge is 0.144 e. The molecule has 0 atom stereocenters. The SMILES string of the molecule is COc1ccc(-c2ccc(Cl)cc2CN)c(OC)c1Br. The molecular formula is C15H15BrClNO2. The molecule has 0 amide bonds. The third kappa shape index (κ3) is 2.77. The molecule has 3 nitrogen and oxygen atoms in total. The van der Waals surface area contributed by atoms with Crippen LogP contribution in [0.2, 0.25) is 5.02 Å². The lowest BCUT2D eigenvalue weighted by Gasteiger charge is -2.16. The Balaban J connectivity index is 2.67. The Morgan fingerprint density at radius 3 is 2.40 bits per heavy atom. The van der Waals surface area contributed by atoms with Crippen LogP contribution < -0.4 is 15.2 Å². The van der Waals surface area contributed by atoms with Crippen LogP contribution in [0.3, 0.4) is 0 Å². The van der Waals surface area contributed by atoms with Gasteiger partial charge in [0.15, 0.2) is 0 Å². The van der Waals surface area contributed by atoms with E-state index in [0.717, 1.165) is 21.2 Å². The van der Waals surface area contributed by atoms with E-state index < -0.39 is 0 Å². The molecule has 0 aliphatic heterocycles. The lowest BCUT2D eigenvalue weighted by molar-refractivity contribution is 0.390. The Morgan fingerprint density at radius 1 is 1.10 bits per heavy atom. The van der Waals surface area contributed by atoms with Crippen LogP contribution in [0.15, 0.2) is 34.8 Å². The van der Waals surface area contributed by atoms with Gasteiger partial charge in [0, 0.05) is 17.1 Å². The van der Waals surface area contributed by atoms with Gasteiger partial charge in [0.25, 0.3) is 0 Å². The van der Waals surface area contributed by atoms with Crippen molar-refractivity contribution in [1.29, 1.82) is 0 Å². The van der Waals surface area contributed by atoms with E-state index in [1.165, 1.54) is 0 Å². The molecule has 2 N–H and O–H groups in total. The van der Waals surface area contributed by atoms with Crippen molar-refractivity contribution in [3.8, 4) is 22.6 Å². The molecule has 0 aromatic heterocycles. The number of nitrogens with two attached hydrogens (primary N) is 1. The molecule has 0 aliphatic rings. The number of rotatable bonds is 4. The molecule has 0 saturated carbocycles. The molecule has 0 fully saturated rings. The fraction of sp³-hybridized carbons (Fsp3) is 0.200. The molecule has 20 heavy (non-hydrogen) atoms. The van der Waals surface area contributed by atoms with Crippen molar-refractivity contribution in [1.82, 2.24) is 0 Å². The first-order chi connectivity index (χ1) is 9.62. The molecule has 0 radical (unpaired) electrons. The number of methoxy groups -OCH3 is 2. The van der Waals surface area contributed by atoms with Crippen molar-refractivity contribution in [2.24, 2.45) is 5.73 Å². The van der Waals surface area contributed by atoms with E-state index in [-0.39, 0.29) is 0 Å². The monoisotopic (exact) mass is 355 g/mol.